The zero-order valence-electron chi connectivity index (χ0n) is 48.8. The largest absolute Gasteiger partial charge is 0.470 e. The number of ether oxygens (including phenoxy) is 11. The Kier molecular flexibility index (Phi) is 43.7. The summed E-state index contributed by atoms with van der Waals surface area (Å²) >= 11 is 0. The molecule has 84 heavy (non-hydrogen) atoms. The molecule has 21 unspecified atom stereocenters. The second-order valence-corrected chi connectivity index (χ2v) is 23.2. The van der Waals surface area contributed by atoms with Gasteiger partial charge in [-0.2, -0.15) is 28.8 Å². The van der Waals surface area contributed by atoms with Gasteiger partial charge in [-0.15, -0.1) is 0 Å². The predicted octanol–water partition coefficient (Wildman–Crippen LogP) is -4.18. The molecule has 5 heterocycles. The lowest BCUT2D eigenvalue weighted by atomic mass is 9.97. The highest BCUT2D eigenvalue weighted by molar-refractivity contribution is 5.20. The Morgan fingerprint density at radius 1 is 0.429 bits per heavy atom. The molecule has 5 rings (SSSR count). The maximum Gasteiger partial charge on any atom is 0.373 e. The maximum atomic E-state index is 10.5. The molecule has 32 heteroatoms. The fourth-order valence-corrected chi connectivity index (χ4v) is 7.09. The average molecular weight is 1240 g/mol. The van der Waals surface area contributed by atoms with Gasteiger partial charge in [-0.25, -0.2) is 0 Å². The van der Waals surface area contributed by atoms with Gasteiger partial charge in [0, 0.05) is 0 Å². The first kappa shape index (κ1) is 89.4. The van der Waals surface area contributed by atoms with Gasteiger partial charge in [0.25, 0.3) is 0 Å². The lowest BCUT2D eigenvalue weighted by molar-refractivity contribution is -0.355. The van der Waals surface area contributed by atoms with Crippen molar-refractivity contribution in [1.29, 1.82) is 0 Å². The molecule has 5 aliphatic heterocycles. The van der Waals surface area contributed by atoms with E-state index in [1.807, 2.05) is 41.5 Å². The SMILES string of the molecule is C.C.CC(C)(C)OC1C(CO)OC(O)C(O)C1O.CC(C)(C)OC1OC=CC(O)C1O.CC(C)(C)OC1OCC(O)C(O)C1O.CC(C)(C)OC1OCC(OC2OC(CO)C(OC(C)(C)C)C(O)C2O)C(O)C1O.O.O=C=O.O=C=O.O=C=O. The first-order chi connectivity index (χ1) is 36.9. The monoisotopic (exact) mass is 1240 g/mol. The number of hydrogen-bond acceptors (Lipinski definition) is 31. The first-order valence-electron chi connectivity index (χ1n) is 25.2. The minimum atomic E-state index is -1.51. The van der Waals surface area contributed by atoms with Crippen LogP contribution in [0, 0.1) is 0 Å². The van der Waals surface area contributed by atoms with Crippen LogP contribution in [0.4, 0.5) is 0 Å². The molecule has 0 bridgehead atoms. The van der Waals surface area contributed by atoms with Gasteiger partial charge in [0.15, 0.2) is 25.2 Å². The van der Waals surface area contributed by atoms with Gasteiger partial charge in [-0.3, -0.25) is 0 Å². The first-order valence-corrected chi connectivity index (χ1v) is 25.2. The summed E-state index contributed by atoms with van der Waals surface area (Å²) in [6.45, 7) is 26.0. The Balaban J connectivity index is -0.000000326. The third-order valence-corrected chi connectivity index (χ3v) is 10.4. The topological polar surface area (TPSA) is 519 Å². The van der Waals surface area contributed by atoms with Gasteiger partial charge in [0.05, 0.1) is 60.7 Å². The van der Waals surface area contributed by atoms with E-state index in [4.69, 9.17) is 86.0 Å². The molecule has 0 aromatic heterocycles. The molecule has 4 saturated heterocycles. The Hall–Kier alpha value is -3.32. The highest BCUT2D eigenvalue weighted by atomic mass is 16.7. The van der Waals surface area contributed by atoms with Crippen LogP contribution < -0.4 is 0 Å². The number of rotatable bonds is 9. The summed E-state index contributed by atoms with van der Waals surface area (Å²) in [4.78, 5) is 48.8. The van der Waals surface area contributed by atoms with Crippen LogP contribution in [0.5, 0.6) is 0 Å². The van der Waals surface area contributed by atoms with Crippen LogP contribution >= 0.6 is 0 Å². The van der Waals surface area contributed by atoms with Crippen LogP contribution in [0.25, 0.3) is 0 Å². The van der Waals surface area contributed by atoms with Gasteiger partial charge < -0.3 is 129 Å². The predicted molar refractivity (Wildman–Crippen MR) is 282 cm³/mol. The van der Waals surface area contributed by atoms with Crippen molar-refractivity contribution in [2.45, 2.75) is 276 Å². The summed E-state index contributed by atoms with van der Waals surface area (Å²) in [5.41, 5.74) is -2.66. The van der Waals surface area contributed by atoms with Crippen LogP contribution in [-0.2, 0) is 80.9 Å². The highest BCUT2D eigenvalue weighted by Crippen LogP contribution is 2.32. The van der Waals surface area contributed by atoms with Crippen molar-refractivity contribution in [1.82, 2.24) is 0 Å². The number of aliphatic hydroxyl groups is 14. The second-order valence-electron chi connectivity index (χ2n) is 23.2. The van der Waals surface area contributed by atoms with Gasteiger partial charge in [-0.1, -0.05) is 14.9 Å². The zero-order chi connectivity index (χ0) is 63.8. The average Bonchev–Trinajstić information content (AvgIpc) is 3.32. The minimum absolute atomic E-state index is 0. The standard InChI is InChI=1S/C19H36O10.C10H20O6.C9H18O5.C9H16O4.3CO2.2CH4.H2O/c1-18(2,3)28-15-9(7-20)26-17(14(24)12(15)22)27-10-8-25-16(13(23)11(10)21)29-19(4,5)6;1-10(2,3)16-8-5(4-11)15-9(14)7(13)6(8)12;1-9(2,3)14-8-7(12)6(11)5(10)4-13-8;1-9(2,3)13-8-7(11)6(10)4-5-12-8;3*2-1-3;;;/h9-17,20-24H,7-8H2,1-6H3;5-9,11-14H,4H2,1-3H3;5-8,10-12H,4H2,1-3H3;4-8,10-11H,1-3H3;;;;2*1H4;1H2. The maximum absolute atomic E-state index is 10.5. The number of aliphatic hydroxyl groups excluding tert-OH is 14. The fraction of sp³-hybridized carbons (Fsp3) is 0.904. The van der Waals surface area contributed by atoms with E-state index < -0.39 is 170 Å². The Bertz CT molecular complexity index is 1810. The second kappa shape index (κ2) is 41.0. The molecule has 0 saturated carbocycles. The summed E-state index contributed by atoms with van der Waals surface area (Å²) in [6.07, 6.45) is -20.6. The smallest absolute Gasteiger partial charge is 0.373 e. The van der Waals surface area contributed by atoms with Crippen molar-refractivity contribution in [2.24, 2.45) is 0 Å². The van der Waals surface area contributed by atoms with Gasteiger partial charge >= 0.3 is 18.5 Å². The molecule has 21 atom stereocenters. The quantitative estimate of drug-likeness (QED) is 0.104. The summed E-state index contributed by atoms with van der Waals surface area (Å²) in [5.74, 6) is 0. The van der Waals surface area contributed by atoms with E-state index in [-0.39, 0.29) is 52.0 Å². The normalized spacial score (nSPS) is 34.6. The van der Waals surface area contributed by atoms with Crippen LogP contribution in [0.1, 0.15) is 119 Å². The summed E-state index contributed by atoms with van der Waals surface area (Å²) in [6, 6.07) is 0. The number of hydrogen-bond donors (Lipinski definition) is 14. The van der Waals surface area contributed by atoms with Crippen LogP contribution in [0.2, 0.25) is 0 Å². The van der Waals surface area contributed by atoms with Crippen molar-refractivity contribution in [3.63, 3.8) is 0 Å². The third-order valence-electron chi connectivity index (χ3n) is 10.4. The van der Waals surface area contributed by atoms with Crippen molar-refractivity contribution >= 4 is 18.5 Å². The zero-order valence-corrected chi connectivity index (χ0v) is 48.8. The third kappa shape index (κ3) is 34.3. The molecule has 0 amide bonds. The molecule has 16 N–H and O–H groups in total. The van der Waals surface area contributed by atoms with Crippen LogP contribution in [0.3, 0.4) is 0 Å². The molecular formula is C52H100O32. The molecule has 0 radical (unpaired) electrons. The molecule has 32 nitrogen and oxygen atoms in total. The van der Waals surface area contributed by atoms with E-state index in [1.165, 1.54) is 12.3 Å². The molecule has 4 fully saturated rings. The van der Waals surface area contributed by atoms with E-state index >= 15 is 0 Å². The van der Waals surface area contributed by atoms with E-state index in [0.717, 1.165) is 0 Å². The van der Waals surface area contributed by atoms with E-state index in [0.29, 0.717) is 0 Å². The molecule has 0 aliphatic carbocycles. The lowest BCUT2D eigenvalue weighted by Gasteiger charge is -2.46. The van der Waals surface area contributed by atoms with Crippen LogP contribution in [0.15, 0.2) is 12.3 Å². The minimum Gasteiger partial charge on any atom is -0.470 e. The Morgan fingerprint density at radius 3 is 1.14 bits per heavy atom. The van der Waals surface area contributed by atoms with Crippen molar-refractivity contribution in [3.8, 4) is 0 Å². The van der Waals surface area contributed by atoms with Gasteiger partial charge in [-0.05, 0) is 110 Å². The van der Waals surface area contributed by atoms with Crippen molar-refractivity contribution in [3.05, 3.63) is 12.3 Å². The summed E-state index contributed by atoms with van der Waals surface area (Å²) in [5, 5.41) is 136. The van der Waals surface area contributed by atoms with E-state index in [9.17, 15) is 66.4 Å². The van der Waals surface area contributed by atoms with Gasteiger partial charge in [0.2, 0.25) is 6.29 Å². The van der Waals surface area contributed by atoms with Crippen LogP contribution in [-0.4, -0.2) is 279 Å². The lowest BCUT2D eigenvalue weighted by Crippen LogP contribution is -2.63. The molecular weight excluding hydrogens is 1140 g/mol. The van der Waals surface area contributed by atoms with Crippen molar-refractivity contribution in [2.75, 3.05) is 26.4 Å². The molecule has 500 valence electrons. The van der Waals surface area contributed by atoms with E-state index in [1.54, 1.807) is 62.3 Å². The summed E-state index contributed by atoms with van der Waals surface area (Å²) < 4.78 is 59.2. The van der Waals surface area contributed by atoms with Crippen molar-refractivity contribution < 1.29 is 158 Å². The highest BCUT2D eigenvalue weighted by Gasteiger charge is 2.51. The Morgan fingerprint density at radius 2 is 0.762 bits per heavy atom. The molecule has 0 aromatic rings. The molecule has 0 aromatic carbocycles. The van der Waals surface area contributed by atoms with E-state index in [2.05, 4.69) is 0 Å². The summed E-state index contributed by atoms with van der Waals surface area (Å²) in [7, 11) is 0. The Labute approximate surface area is 489 Å². The molecule has 0 spiro atoms. The molecule has 5 aliphatic rings. The van der Waals surface area contributed by atoms with Gasteiger partial charge in [0.1, 0.15) is 97.7 Å². The fourth-order valence-electron chi connectivity index (χ4n) is 7.09. The number of carbonyl (C=O) groups excluding carboxylic acids is 6.